The van der Waals surface area contributed by atoms with Crippen molar-refractivity contribution >= 4 is 35.8 Å². The summed E-state index contributed by atoms with van der Waals surface area (Å²) in [5.41, 5.74) is -7.89. The normalized spacial score (nSPS) is 44.5. The van der Waals surface area contributed by atoms with Crippen LogP contribution in [0.5, 0.6) is 0 Å². The molecule has 2 heterocycles. The van der Waals surface area contributed by atoms with Crippen molar-refractivity contribution in [3.63, 3.8) is 0 Å². The Bertz CT molecular complexity index is 1620. The quantitative estimate of drug-likeness (QED) is 0.307. The summed E-state index contributed by atoms with van der Waals surface area (Å²) >= 11 is 0. The molecule has 15 heteroatoms. The van der Waals surface area contributed by atoms with E-state index in [0.717, 1.165) is 21.0 Å². The van der Waals surface area contributed by atoms with Crippen molar-refractivity contribution in [2.24, 2.45) is 39.9 Å². The predicted octanol–water partition coefficient (Wildman–Crippen LogP) is 1.95. The van der Waals surface area contributed by atoms with Crippen LogP contribution < -0.4 is 0 Å². The average Bonchev–Trinajstić information content (AvgIpc) is 3.67. The second-order valence-corrected chi connectivity index (χ2v) is 15.3. The molecule has 0 aromatic carbocycles. The molecule has 0 radical (unpaired) electrons. The number of ether oxygens (including phenoxy) is 6. The summed E-state index contributed by atoms with van der Waals surface area (Å²) in [7, 11) is 1.10. The van der Waals surface area contributed by atoms with E-state index < -0.39 is 124 Å². The van der Waals surface area contributed by atoms with Crippen LogP contribution in [-0.2, 0) is 57.2 Å². The Kier molecular flexibility index (Phi) is 8.26. The smallest absolute Gasteiger partial charge is 0.335 e. The highest BCUT2D eigenvalue weighted by atomic mass is 16.6. The van der Waals surface area contributed by atoms with Crippen LogP contribution in [0.1, 0.15) is 79.4 Å². The minimum Gasteiger partial charge on any atom is -0.472 e. The van der Waals surface area contributed by atoms with Gasteiger partial charge in [-0.05, 0) is 18.9 Å². The summed E-state index contributed by atoms with van der Waals surface area (Å²) in [4.78, 5) is 78.7. The van der Waals surface area contributed by atoms with E-state index in [1.54, 1.807) is 26.8 Å². The first-order chi connectivity index (χ1) is 23.2. The number of esters is 6. The maximum Gasteiger partial charge on any atom is 0.335 e. The van der Waals surface area contributed by atoms with Crippen LogP contribution in [0.15, 0.2) is 23.0 Å². The Morgan fingerprint density at radius 2 is 1.54 bits per heavy atom. The molecule has 6 rings (SSSR count). The van der Waals surface area contributed by atoms with Gasteiger partial charge in [-0.3, -0.25) is 24.0 Å². The number of aliphatic hydroxyl groups is 2. The number of methoxy groups -OCH3 is 1. The van der Waals surface area contributed by atoms with Crippen molar-refractivity contribution in [1.29, 1.82) is 0 Å². The van der Waals surface area contributed by atoms with Crippen LogP contribution in [0, 0.1) is 39.9 Å². The number of rotatable bonds is 7. The van der Waals surface area contributed by atoms with Crippen molar-refractivity contribution in [3.05, 3.63) is 24.2 Å². The topological polar surface area (TPSA) is 211 Å². The fraction of sp³-hybridized carbons (Fsp3) is 0.714. The van der Waals surface area contributed by atoms with Crippen LogP contribution in [0.25, 0.3) is 0 Å². The SMILES string of the molecule is COC(=O)[C@@H](O)[C@H]1[C@@]2(C)C[C@]3(OC(C)=O)[C@@H]([C@H]2OC(C)=O)[C@@H](OC(C)=O)[C@]2(O)[C@@H]4CC(=O)O[C@@H](c5ccoc5)[C@]4(C)[C@@H](OC(C)=O)C[C@@H]2[C@]13C. The lowest BCUT2D eigenvalue weighted by Crippen LogP contribution is -2.83. The fourth-order valence-corrected chi connectivity index (χ4v) is 11.8. The van der Waals surface area contributed by atoms with Gasteiger partial charge in [0, 0.05) is 61.8 Å². The van der Waals surface area contributed by atoms with Gasteiger partial charge in [-0.15, -0.1) is 0 Å². The Labute approximate surface area is 288 Å². The molecule has 2 bridgehead atoms. The molecule has 4 aliphatic carbocycles. The van der Waals surface area contributed by atoms with E-state index in [1.165, 1.54) is 26.4 Å². The van der Waals surface area contributed by atoms with Crippen LogP contribution in [0.3, 0.4) is 0 Å². The van der Waals surface area contributed by atoms with Crippen molar-refractivity contribution < 1.29 is 71.8 Å². The molecule has 1 aromatic rings. The maximum atomic E-state index is 13.7. The summed E-state index contributed by atoms with van der Waals surface area (Å²) < 4.78 is 40.7. The third-order valence-corrected chi connectivity index (χ3v) is 13.0. The minimum absolute atomic E-state index is 0.0817. The van der Waals surface area contributed by atoms with Gasteiger partial charge < -0.3 is 43.1 Å². The molecule has 4 saturated carbocycles. The lowest BCUT2D eigenvalue weighted by Gasteiger charge is -2.73. The molecule has 15 nitrogen and oxygen atoms in total. The van der Waals surface area contributed by atoms with Crippen LogP contribution in [-0.4, -0.2) is 88.8 Å². The standard InChI is InChI=1S/C35H44O15/c1-15(36)46-22-11-21-33(7)26(25(41)30(42)44-8)31(5)14-34(33,50-18(4)39)24(28(31)47-16(2)37)29(48-17(3)38)35(21,43)20-12-23(40)49-27(32(20,22)6)19-9-10-45-13-19/h9-10,13,20-22,24-29,41,43H,11-12,14H2,1-8H3/t20-,21-,22+,24+,25+,26+,27+,28-,29-,31-,32+,33-,34+,35+/m1/s1. The van der Waals surface area contributed by atoms with Gasteiger partial charge in [-0.1, -0.05) is 20.8 Å². The first-order valence-corrected chi connectivity index (χ1v) is 16.7. The van der Waals surface area contributed by atoms with Crippen LogP contribution in [0.4, 0.5) is 0 Å². The molecular formula is C35H44O15. The van der Waals surface area contributed by atoms with E-state index >= 15 is 0 Å². The van der Waals surface area contributed by atoms with Gasteiger partial charge in [0.25, 0.3) is 0 Å². The summed E-state index contributed by atoms with van der Waals surface area (Å²) in [6.45, 7) is 9.73. The molecule has 1 saturated heterocycles. The van der Waals surface area contributed by atoms with Crippen LogP contribution >= 0.6 is 0 Å². The third kappa shape index (κ3) is 4.47. The lowest BCUT2D eigenvalue weighted by atomic mass is 9.35. The predicted molar refractivity (Wildman–Crippen MR) is 164 cm³/mol. The van der Waals surface area contributed by atoms with E-state index in [1.807, 2.05) is 0 Å². The number of carbonyl (C=O) groups excluding carboxylic acids is 6. The highest BCUT2D eigenvalue weighted by molar-refractivity contribution is 5.76. The third-order valence-electron chi connectivity index (χ3n) is 13.0. The number of fused-ring (bicyclic) bond motifs is 5. The van der Waals surface area contributed by atoms with Crippen molar-refractivity contribution in [2.75, 3.05) is 7.11 Å². The molecule has 5 aliphatic rings. The fourth-order valence-electron chi connectivity index (χ4n) is 11.8. The number of carbonyl (C=O) groups is 6. The summed E-state index contributed by atoms with van der Waals surface area (Å²) in [6, 6.07) is 1.58. The molecule has 2 N–H and O–H groups in total. The first kappa shape index (κ1) is 35.8. The van der Waals surface area contributed by atoms with Gasteiger partial charge >= 0.3 is 35.8 Å². The molecule has 0 spiro atoms. The number of hydrogen-bond acceptors (Lipinski definition) is 15. The Morgan fingerprint density at radius 1 is 0.920 bits per heavy atom. The number of cyclic esters (lactones) is 1. The zero-order valence-corrected chi connectivity index (χ0v) is 29.3. The van der Waals surface area contributed by atoms with E-state index in [4.69, 9.17) is 32.8 Å². The van der Waals surface area contributed by atoms with Gasteiger partial charge in [0.2, 0.25) is 0 Å². The second kappa shape index (κ2) is 11.5. The lowest BCUT2D eigenvalue weighted by molar-refractivity contribution is -0.369. The van der Waals surface area contributed by atoms with Crippen molar-refractivity contribution in [2.45, 2.75) is 109 Å². The summed E-state index contributed by atoms with van der Waals surface area (Å²) in [5, 5.41) is 25.6. The zero-order chi connectivity index (χ0) is 36.9. The van der Waals surface area contributed by atoms with Crippen molar-refractivity contribution in [1.82, 2.24) is 0 Å². The monoisotopic (exact) mass is 704 g/mol. The van der Waals surface area contributed by atoms with E-state index in [-0.39, 0.29) is 12.8 Å². The molecule has 0 unspecified atom stereocenters. The first-order valence-electron chi connectivity index (χ1n) is 16.7. The number of aliphatic hydroxyl groups excluding tert-OH is 1. The van der Waals surface area contributed by atoms with Gasteiger partial charge in [-0.25, -0.2) is 4.79 Å². The Balaban J connectivity index is 1.71. The molecule has 1 aliphatic heterocycles. The highest BCUT2D eigenvalue weighted by Crippen LogP contribution is 2.82. The summed E-state index contributed by atoms with van der Waals surface area (Å²) in [6.07, 6.45) is -4.92. The van der Waals surface area contributed by atoms with E-state index in [9.17, 15) is 39.0 Å². The summed E-state index contributed by atoms with van der Waals surface area (Å²) in [5.74, 6) is -9.62. The van der Waals surface area contributed by atoms with E-state index in [2.05, 4.69) is 0 Å². The number of furan rings is 1. The van der Waals surface area contributed by atoms with Gasteiger partial charge in [0.1, 0.15) is 35.6 Å². The second-order valence-electron chi connectivity index (χ2n) is 15.3. The molecule has 274 valence electrons. The Morgan fingerprint density at radius 3 is 2.08 bits per heavy atom. The van der Waals surface area contributed by atoms with Gasteiger partial charge in [0.15, 0.2) is 6.10 Å². The zero-order valence-electron chi connectivity index (χ0n) is 29.3. The van der Waals surface area contributed by atoms with Gasteiger partial charge in [-0.2, -0.15) is 0 Å². The maximum absolute atomic E-state index is 13.7. The minimum atomic E-state index is -2.24. The largest absolute Gasteiger partial charge is 0.472 e. The molecule has 14 atom stereocenters. The number of hydrogen-bond donors (Lipinski definition) is 2. The van der Waals surface area contributed by atoms with E-state index in [0.29, 0.717) is 5.56 Å². The molecule has 1 aromatic heterocycles. The highest BCUT2D eigenvalue weighted by Gasteiger charge is 2.91. The van der Waals surface area contributed by atoms with Crippen LogP contribution in [0.2, 0.25) is 0 Å². The Hall–Kier alpha value is -3.98. The molecular weight excluding hydrogens is 660 g/mol. The molecule has 0 amide bonds. The molecule has 50 heavy (non-hydrogen) atoms. The molecule has 5 fully saturated rings. The average molecular weight is 705 g/mol. The van der Waals surface area contributed by atoms with Gasteiger partial charge in [0.05, 0.1) is 37.4 Å². The van der Waals surface area contributed by atoms with Crippen molar-refractivity contribution in [3.8, 4) is 0 Å².